The van der Waals surface area contributed by atoms with Crippen molar-refractivity contribution in [3.05, 3.63) is 35.4 Å². The number of rotatable bonds is 4. The lowest BCUT2D eigenvalue weighted by atomic mass is 10.1. The first-order valence-corrected chi connectivity index (χ1v) is 7.22. The predicted octanol–water partition coefficient (Wildman–Crippen LogP) is 2.74. The molecule has 0 amide bonds. The zero-order valence-corrected chi connectivity index (χ0v) is 12.2. The van der Waals surface area contributed by atoms with Crippen LogP contribution in [0, 0.1) is 6.92 Å². The number of hydrogen-bond donors (Lipinski definition) is 0. The molecule has 1 aromatic carbocycles. The SMILES string of the molecule is Cc1ccccc1CN1CCN(CC(C)Cl)CC1. The molecule has 1 aromatic rings. The van der Waals surface area contributed by atoms with E-state index < -0.39 is 0 Å². The molecule has 0 aromatic heterocycles. The molecule has 1 fully saturated rings. The molecular formula is C15H23ClN2. The monoisotopic (exact) mass is 266 g/mol. The van der Waals surface area contributed by atoms with Gasteiger partial charge < -0.3 is 0 Å². The molecule has 1 aliphatic heterocycles. The van der Waals surface area contributed by atoms with Gasteiger partial charge in [0, 0.05) is 44.6 Å². The number of benzene rings is 1. The van der Waals surface area contributed by atoms with Gasteiger partial charge in [0.05, 0.1) is 0 Å². The van der Waals surface area contributed by atoms with Crippen molar-refractivity contribution >= 4 is 11.6 Å². The molecule has 0 saturated carbocycles. The first-order chi connectivity index (χ1) is 8.65. The molecule has 1 unspecified atom stereocenters. The molecule has 3 heteroatoms. The fraction of sp³-hybridized carbons (Fsp3) is 0.600. The molecule has 0 aliphatic carbocycles. The lowest BCUT2D eigenvalue weighted by molar-refractivity contribution is 0.128. The van der Waals surface area contributed by atoms with Crippen molar-refractivity contribution in [3.63, 3.8) is 0 Å². The summed E-state index contributed by atoms with van der Waals surface area (Å²) < 4.78 is 0. The van der Waals surface area contributed by atoms with Gasteiger partial charge in [0.2, 0.25) is 0 Å². The summed E-state index contributed by atoms with van der Waals surface area (Å²) >= 11 is 6.04. The smallest absolute Gasteiger partial charge is 0.0435 e. The largest absolute Gasteiger partial charge is 0.299 e. The van der Waals surface area contributed by atoms with Crippen molar-refractivity contribution in [1.29, 1.82) is 0 Å². The number of piperazine rings is 1. The van der Waals surface area contributed by atoms with Crippen molar-refractivity contribution in [3.8, 4) is 0 Å². The number of alkyl halides is 1. The molecular weight excluding hydrogens is 244 g/mol. The Hall–Kier alpha value is -0.570. The second-order valence-corrected chi connectivity index (χ2v) is 6.03. The van der Waals surface area contributed by atoms with Gasteiger partial charge in [0.25, 0.3) is 0 Å². The Balaban J connectivity index is 1.82. The Morgan fingerprint density at radius 3 is 2.33 bits per heavy atom. The molecule has 2 rings (SSSR count). The van der Waals surface area contributed by atoms with Crippen LogP contribution < -0.4 is 0 Å². The summed E-state index contributed by atoms with van der Waals surface area (Å²) in [5.74, 6) is 0. The summed E-state index contributed by atoms with van der Waals surface area (Å²) in [6, 6.07) is 8.68. The highest BCUT2D eigenvalue weighted by Gasteiger charge is 2.18. The van der Waals surface area contributed by atoms with Crippen molar-refractivity contribution in [2.45, 2.75) is 25.8 Å². The summed E-state index contributed by atoms with van der Waals surface area (Å²) in [5, 5.41) is 0.257. The van der Waals surface area contributed by atoms with E-state index in [2.05, 4.69) is 47.9 Å². The summed E-state index contributed by atoms with van der Waals surface area (Å²) in [7, 11) is 0. The van der Waals surface area contributed by atoms with E-state index in [-0.39, 0.29) is 5.38 Å². The van der Waals surface area contributed by atoms with Crippen LogP contribution in [0.2, 0.25) is 0 Å². The van der Waals surface area contributed by atoms with E-state index in [4.69, 9.17) is 11.6 Å². The molecule has 0 bridgehead atoms. The van der Waals surface area contributed by atoms with E-state index in [0.29, 0.717) is 0 Å². The third-order valence-electron chi connectivity index (χ3n) is 3.63. The molecule has 2 nitrogen and oxygen atoms in total. The number of aryl methyl sites for hydroxylation is 1. The maximum atomic E-state index is 6.04. The maximum absolute atomic E-state index is 6.04. The fourth-order valence-corrected chi connectivity index (χ4v) is 2.71. The summed E-state index contributed by atoms with van der Waals surface area (Å²) in [5.41, 5.74) is 2.85. The average Bonchev–Trinajstić information content (AvgIpc) is 2.34. The number of halogens is 1. The van der Waals surface area contributed by atoms with E-state index in [0.717, 1.165) is 39.3 Å². The Morgan fingerprint density at radius 2 is 1.72 bits per heavy atom. The predicted molar refractivity (Wildman–Crippen MR) is 78.2 cm³/mol. The van der Waals surface area contributed by atoms with E-state index in [1.54, 1.807) is 0 Å². The highest BCUT2D eigenvalue weighted by Crippen LogP contribution is 2.13. The second-order valence-electron chi connectivity index (χ2n) is 5.28. The van der Waals surface area contributed by atoms with Gasteiger partial charge in [-0.15, -0.1) is 11.6 Å². The van der Waals surface area contributed by atoms with Gasteiger partial charge in [-0.25, -0.2) is 0 Å². The molecule has 1 heterocycles. The molecule has 1 aliphatic rings. The number of hydrogen-bond acceptors (Lipinski definition) is 2. The minimum atomic E-state index is 0.257. The van der Waals surface area contributed by atoms with Crippen molar-refractivity contribution in [2.75, 3.05) is 32.7 Å². The van der Waals surface area contributed by atoms with Gasteiger partial charge in [-0.2, -0.15) is 0 Å². The molecule has 0 spiro atoms. The van der Waals surface area contributed by atoms with Crippen LogP contribution in [0.3, 0.4) is 0 Å². The van der Waals surface area contributed by atoms with E-state index in [1.807, 2.05) is 0 Å². The molecule has 0 N–H and O–H groups in total. The standard InChI is InChI=1S/C15H23ClN2/c1-13-5-3-4-6-15(13)12-18-9-7-17(8-10-18)11-14(2)16/h3-6,14H,7-12H2,1-2H3. The lowest BCUT2D eigenvalue weighted by Gasteiger charge is -2.35. The first kappa shape index (κ1) is 13.9. The van der Waals surface area contributed by atoms with Gasteiger partial charge in [-0.1, -0.05) is 24.3 Å². The third kappa shape index (κ3) is 3.98. The van der Waals surface area contributed by atoms with Gasteiger partial charge in [-0.3, -0.25) is 9.80 Å². The zero-order chi connectivity index (χ0) is 13.0. The quantitative estimate of drug-likeness (QED) is 0.774. The highest BCUT2D eigenvalue weighted by atomic mass is 35.5. The fourth-order valence-electron chi connectivity index (χ4n) is 2.51. The van der Waals surface area contributed by atoms with Gasteiger partial charge in [-0.05, 0) is 25.0 Å². The highest BCUT2D eigenvalue weighted by molar-refractivity contribution is 6.20. The van der Waals surface area contributed by atoms with E-state index in [1.165, 1.54) is 11.1 Å². The van der Waals surface area contributed by atoms with Gasteiger partial charge in [0.1, 0.15) is 0 Å². The summed E-state index contributed by atoms with van der Waals surface area (Å²) in [4.78, 5) is 5.00. The minimum Gasteiger partial charge on any atom is -0.299 e. The van der Waals surface area contributed by atoms with E-state index >= 15 is 0 Å². The zero-order valence-electron chi connectivity index (χ0n) is 11.4. The number of nitrogens with zero attached hydrogens (tertiary/aromatic N) is 2. The van der Waals surface area contributed by atoms with Crippen LogP contribution in [0.25, 0.3) is 0 Å². The topological polar surface area (TPSA) is 6.48 Å². The van der Waals surface area contributed by atoms with Crippen LogP contribution >= 0.6 is 11.6 Å². The van der Waals surface area contributed by atoms with Crippen LogP contribution in [-0.4, -0.2) is 47.9 Å². The molecule has 0 radical (unpaired) electrons. The lowest BCUT2D eigenvalue weighted by Crippen LogP contribution is -2.47. The average molecular weight is 267 g/mol. The van der Waals surface area contributed by atoms with Crippen molar-refractivity contribution in [2.24, 2.45) is 0 Å². The Labute approximate surface area is 116 Å². The minimum absolute atomic E-state index is 0.257. The van der Waals surface area contributed by atoms with Crippen LogP contribution in [-0.2, 0) is 6.54 Å². The summed E-state index contributed by atoms with van der Waals surface area (Å²) in [6.45, 7) is 10.9. The maximum Gasteiger partial charge on any atom is 0.0435 e. The molecule has 18 heavy (non-hydrogen) atoms. The van der Waals surface area contributed by atoms with Crippen molar-refractivity contribution in [1.82, 2.24) is 9.80 Å². The normalized spacial score (nSPS) is 19.9. The third-order valence-corrected chi connectivity index (χ3v) is 3.77. The molecule has 100 valence electrons. The van der Waals surface area contributed by atoms with Crippen LogP contribution in [0.15, 0.2) is 24.3 Å². The Kier molecular flexibility index (Phi) is 5.04. The first-order valence-electron chi connectivity index (χ1n) is 6.78. The molecule has 1 atom stereocenters. The van der Waals surface area contributed by atoms with Crippen LogP contribution in [0.5, 0.6) is 0 Å². The van der Waals surface area contributed by atoms with Crippen molar-refractivity contribution < 1.29 is 0 Å². The van der Waals surface area contributed by atoms with E-state index in [9.17, 15) is 0 Å². The van der Waals surface area contributed by atoms with Crippen LogP contribution in [0.4, 0.5) is 0 Å². The van der Waals surface area contributed by atoms with Gasteiger partial charge in [0.15, 0.2) is 0 Å². The molecule has 1 saturated heterocycles. The van der Waals surface area contributed by atoms with Gasteiger partial charge >= 0.3 is 0 Å². The Morgan fingerprint density at radius 1 is 1.11 bits per heavy atom. The second kappa shape index (κ2) is 6.55. The van der Waals surface area contributed by atoms with Crippen LogP contribution in [0.1, 0.15) is 18.1 Å². The Bertz CT molecular complexity index is 371. The summed E-state index contributed by atoms with van der Waals surface area (Å²) in [6.07, 6.45) is 0.